The summed E-state index contributed by atoms with van der Waals surface area (Å²) in [6.45, 7) is 3.09. The van der Waals surface area contributed by atoms with Crippen LogP contribution in [0.1, 0.15) is 22.0 Å². The maximum atomic E-state index is 13.3. The highest BCUT2D eigenvalue weighted by Gasteiger charge is 2.23. The molecular weight excluding hydrogens is 359 g/mol. The third-order valence-corrected chi connectivity index (χ3v) is 4.71. The molecule has 26 heavy (non-hydrogen) atoms. The monoisotopic (exact) mass is 378 g/mol. The molecule has 1 amide bonds. The molecule has 0 spiro atoms. The van der Waals surface area contributed by atoms with Crippen molar-refractivity contribution in [3.8, 4) is 5.75 Å². The molecule has 0 saturated carbocycles. The number of benzene rings is 2. The number of ether oxygens (including phenoxy) is 1. The lowest BCUT2D eigenvalue weighted by Crippen LogP contribution is -2.43. The van der Waals surface area contributed by atoms with E-state index >= 15 is 0 Å². The molecule has 1 fully saturated rings. The number of phenolic OH excluding ortho intramolecular Hbond substituents is 1. The van der Waals surface area contributed by atoms with Crippen molar-refractivity contribution in [1.29, 1.82) is 0 Å². The molecule has 138 valence electrons. The van der Waals surface area contributed by atoms with Gasteiger partial charge in [-0.15, -0.1) is 0 Å². The molecule has 0 aliphatic carbocycles. The Balaban J connectivity index is 1.73. The molecule has 2 aromatic rings. The van der Waals surface area contributed by atoms with Crippen molar-refractivity contribution in [3.05, 3.63) is 64.4 Å². The van der Waals surface area contributed by atoms with E-state index in [2.05, 4.69) is 10.2 Å². The standard InChI is InChI=1S/C19H20ClFN2O3/c20-16-11-14(3-6-18(16)24)19(25)22-12-17(23-7-9-26-10-8-23)13-1-4-15(21)5-2-13/h1-6,11,17,24H,7-10,12H2,(H,22,25)/t17-/m0/s1. The van der Waals surface area contributed by atoms with E-state index in [1.165, 1.54) is 30.3 Å². The predicted octanol–water partition coefficient (Wildman–Crippen LogP) is 2.99. The number of amides is 1. The van der Waals surface area contributed by atoms with Crippen LogP contribution >= 0.6 is 11.6 Å². The summed E-state index contributed by atoms with van der Waals surface area (Å²) < 4.78 is 18.7. The number of carbonyl (C=O) groups is 1. The number of carbonyl (C=O) groups excluding carboxylic acids is 1. The number of rotatable bonds is 5. The second-order valence-electron chi connectivity index (χ2n) is 6.09. The first kappa shape index (κ1) is 18.6. The fraction of sp³-hybridized carbons (Fsp3) is 0.316. The Kier molecular flexibility index (Phi) is 6.08. The average Bonchev–Trinajstić information content (AvgIpc) is 2.66. The number of hydrogen-bond acceptors (Lipinski definition) is 4. The topological polar surface area (TPSA) is 61.8 Å². The van der Waals surface area contributed by atoms with Crippen molar-refractivity contribution in [1.82, 2.24) is 10.2 Å². The van der Waals surface area contributed by atoms with Gasteiger partial charge in [0.05, 0.1) is 24.3 Å². The van der Waals surface area contributed by atoms with Gasteiger partial charge in [-0.2, -0.15) is 0 Å². The Hall–Kier alpha value is -2.15. The largest absolute Gasteiger partial charge is 0.506 e. The normalized spacial score (nSPS) is 16.2. The van der Waals surface area contributed by atoms with Gasteiger partial charge >= 0.3 is 0 Å². The Bertz CT molecular complexity index is 764. The van der Waals surface area contributed by atoms with E-state index in [1.807, 2.05) is 0 Å². The van der Waals surface area contributed by atoms with Gasteiger partial charge in [0.25, 0.3) is 5.91 Å². The third kappa shape index (κ3) is 4.52. The average molecular weight is 379 g/mol. The molecule has 1 saturated heterocycles. The Labute approximate surface area is 156 Å². The van der Waals surface area contributed by atoms with Crippen LogP contribution in [0, 0.1) is 5.82 Å². The van der Waals surface area contributed by atoms with E-state index in [4.69, 9.17) is 16.3 Å². The predicted molar refractivity (Wildman–Crippen MR) is 97.0 cm³/mol. The first-order chi connectivity index (χ1) is 12.5. The van der Waals surface area contributed by atoms with Gasteiger partial charge in [-0.05, 0) is 35.9 Å². The number of morpholine rings is 1. The smallest absolute Gasteiger partial charge is 0.251 e. The fourth-order valence-electron chi connectivity index (χ4n) is 2.97. The second-order valence-corrected chi connectivity index (χ2v) is 6.50. The molecule has 0 aromatic heterocycles. The Morgan fingerprint density at radius 1 is 1.23 bits per heavy atom. The first-order valence-electron chi connectivity index (χ1n) is 8.38. The van der Waals surface area contributed by atoms with Crippen LogP contribution in [0.25, 0.3) is 0 Å². The second kappa shape index (κ2) is 8.49. The highest BCUT2D eigenvalue weighted by molar-refractivity contribution is 6.32. The molecule has 0 unspecified atom stereocenters. The summed E-state index contributed by atoms with van der Waals surface area (Å²) in [6, 6.07) is 10.5. The zero-order valence-corrected chi connectivity index (χ0v) is 14.9. The van der Waals surface area contributed by atoms with E-state index in [1.54, 1.807) is 12.1 Å². The molecule has 7 heteroatoms. The lowest BCUT2D eigenvalue weighted by atomic mass is 10.0. The minimum absolute atomic E-state index is 0.0688. The molecule has 5 nitrogen and oxygen atoms in total. The number of halogens is 2. The highest BCUT2D eigenvalue weighted by atomic mass is 35.5. The van der Waals surface area contributed by atoms with Gasteiger partial charge in [-0.1, -0.05) is 23.7 Å². The summed E-state index contributed by atoms with van der Waals surface area (Å²) in [5.74, 6) is -0.648. The van der Waals surface area contributed by atoms with Gasteiger partial charge in [0.1, 0.15) is 11.6 Å². The SMILES string of the molecule is O=C(NC[C@@H](c1ccc(F)cc1)N1CCOCC1)c1ccc(O)c(Cl)c1. The van der Waals surface area contributed by atoms with Crippen LogP contribution in [0.15, 0.2) is 42.5 Å². The van der Waals surface area contributed by atoms with Crippen LogP contribution in [0.2, 0.25) is 5.02 Å². The minimum atomic E-state index is -0.294. The minimum Gasteiger partial charge on any atom is -0.506 e. The van der Waals surface area contributed by atoms with E-state index in [0.717, 1.165) is 18.7 Å². The number of nitrogens with one attached hydrogen (secondary N) is 1. The molecule has 3 rings (SSSR count). The maximum absolute atomic E-state index is 13.3. The van der Waals surface area contributed by atoms with Gasteiger partial charge in [0.15, 0.2) is 0 Å². The fourth-order valence-corrected chi connectivity index (χ4v) is 3.15. The molecule has 1 atom stereocenters. The lowest BCUT2D eigenvalue weighted by Gasteiger charge is -2.35. The number of nitrogens with zero attached hydrogens (tertiary/aromatic N) is 1. The van der Waals surface area contributed by atoms with Crippen molar-refractivity contribution >= 4 is 17.5 Å². The summed E-state index contributed by atoms with van der Waals surface area (Å²) in [5, 5.41) is 12.5. The molecule has 0 bridgehead atoms. The summed E-state index contributed by atoms with van der Waals surface area (Å²) in [5.41, 5.74) is 1.30. The van der Waals surface area contributed by atoms with Crippen molar-refractivity contribution in [2.75, 3.05) is 32.8 Å². The molecule has 2 aromatic carbocycles. The maximum Gasteiger partial charge on any atom is 0.251 e. The summed E-state index contributed by atoms with van der Waals surface area (Å²) >= 11 is 5.87. The van der Waals surface area contributed by atoms with Gasteiger partial charge in [0, 0.05) is 25.2 Å². The van der Waals surface area contributed by atoms with E-state index < -0.39 is 0 Å². The van der Waals surface area contributed by atoms with Crippen molar-refractivity contribution in [2.45, 2.75) is 6.04 Å². The molecule has 0 radical (unpaired) electrons. The van der Waals surface area contributed by atoms with Crippen LogP contribution in [0.3, 0.4) is 0 Å². The summed E-state index contributed by atoms with van der Waals surface area (Å²) in [4.78, 5) is 14.6. The molecule has 1 heterocycles. The van der Waals surface area contributed by atoms with Gasteiger partial charge < -0.3 is 15.2 Å². The zero-order chi connectivity index (χ0) is 18.5. The zero-order valence-electron chi connectivity index (χ0n) is 14.1. The molecular formula is C19H20ClFN2O3. The Morgan fingerprint density at radius 3 is 2.58 bits per heavy atom. The van der Waals surface area contributed by atoms with Crippen molar-refractivity contribution in [2.24, 2.45) is 0 Å². The lowest BCUT2D eigenvalue weighted by molar-refractivity contribution is 0.0162. The van der Waals surface area contributed by atoms with E-state index in [-0.39, 0.29) is 28.5 Å². The van der Waals surface area contributed by atoms with Crippen molar-refractivity contribution < 1.29 is 19.0 Å². The molecule has 2 N–H and O–H groups in total. The van der Waals surface area contributed by atoms with Crippen LogP contribution < -0.4 is 5.32 Å². The van der Waals surface area contributed by atoms with E-state index in [0.29, 0.717) is 25.3 Å². The van der Waals surface area contributed by atoms with Crippen LogP contribution in [0.5, 0.6) is 5.75 Å². The van der Waals surface area contributed by atoms with E-state index in [9.17, 15) is 14.3 Å². The van der Waals surface area contributed by atoms with Crippen LogP contribution in [-0.4, -0.2) is 48.8 Å². The summed E-state index contributed by atoms with van der Waals surface area (Å²) in [7, 11) is 0. The van der Waals surface area contributed by atoms with Gasteiger partial charge in [-0.25, -0.2) is 4.39 Å². The molecule has 1 aliphatic heterocycles. The van der Waals surface area contributed by atoms with Crippen molar-refractivity contribution in [3.63, 3.8) is 0 Å². The van der Waals surface area contributed by atoms with Crippen LogP contribution in [-0.2, 0) is 4.74 Å². The number of phenols is 1. The number of aromatic hydroxyl groups is 1. The van der Waals surface area contributed by atoms with Gasteiger partial charge in [0.2, 0.25) is 0 Å². The van der Waals surface area contributed by atoms with Crippen LogP contribution in [0.4, 0.5) is 4.39 Å². The molecule has 1 aliphatic rings. The Morgan fingerprint density at radius 2 is 1.92 bits per heavy atom. The summed E-state index contributed by atoms with van der Waals surface area (Å²) in [6.07, 6.45) is 0. The van der Waals surface area contributed by atoms with Gasteiger partial charge in [-0.3, -0.25) is 9.69 Å². The third-order valence-electron chi connectivity index (χ3n) is 4.41. The first-order valence-corrected chi connectivity index (χ1v) is 8.76. The highest BCUT2D eigenvalue weighted by Crippen LogP contribution is 2.24. The number of hydrogen-bond donors (Lipinski definition) is 2. The quantitative estimate of drug-likeness (QED) is 0.839.